The molecule has 2 N–H and O–H groups in total. The summed E-state index contributed by atoms with van der Waals surface area (Å²) >= 11 is 0. The molecule has 5 nitrogen and oxygen atoms in total. The smallest absolute Gasteiger partial charge is 0.138 e. The molecule has 1 unspecified atom stereocenters. The molecule has 16 heavy (non-hydrogen) atoms. The fraction of sp³-hybridized carbons (Fsp3) is 0.182. The Bertz CT molecular complexity index is 457. The Kier molecular flexibility index (Phi) is 3.26. The second-order valence-electron chi connectivity index (χ2n) is 3.27. The third kappa shape index (κ3) is 2.43. The lowest BCUT2D eigenvalue weighted by molar-refractivity contribution is 0.610. The fourth-order valence-corrected chi connectivity index (χ4v) is 1.36. The molecule has 0 radical (unpaired) electrons. The van der Waals surface area contributed by atoms with Crippen molar-refractivity contribution in [3.63, 3.8) is 0 Å². The van der Waals surface area contributed by atoms with E-state index in [0.717, 1.165) is 11.4 Å². The maximum absolute atomic E-state index is 9.00. The highest BCUT2D eigenvalue weighted by atomic mass is 15.0. The van der Waals surface area contributed by atoms with E-state index in [9.17, 15) is 0 Å². The van der Waals surface area contributed by atoms with Gasteiger partial charge in [-0.15, -0.1) is 0 Å². The van der Waals surface area contributed by atoms with E-state index in [1.807, 2.05) is 18.2 Å². The molecule has 80 valence electrons. The molecule has 0 aliphatic rings. The quantitative estimate of drug-likeness (QED) is 0.798. The Morgan fingerprint density at radius 1 is 1.50 bits per heavy atom. The number of hydrogen-bond acceptors (Lipinski definition) is 4. The molecule has 0 aromatic carbocycles. The number of hydrogen-bond donors (Lipinski definition) is 2. The van der Waals surface area contributed by atoms with Crippen molar-refractivity contribution in [3.8, 4) is 6.07 Å². The summed E-state index contributed by atoms with van der Waals surface area (Å²) in [7, 11) is 0. The summed E-state index contributed by atoms with van der Waals surface area (Å²) in [6.07, 6.45) is 4.93. The minimum Gasteiger partial charge on any atom is -0.346 e. The van der Waals surface area contributed by atoms with Crippen LogP contribution in [0.5, 0.6) is 0 Å². The van der Waals surface area contributed by atoms with Crippen LogP contribution >= 0.6 is 0 Å². The first-order chi connectivity index (χ1) is 7.90. The fourth-order valence-electron chi connectivity index (χ4n) is 1.36. The number of nitrogens with one attached hydrogen (secondary N) is 2. The Balaban J connectivity index is 1.97. The van der Waals surface area contributed by atoms with Gasteiger partial charge >= 0.3 is 0 Å². The maximum Gasteiger partial charge on any atom is 0.138 e. The van der Waals surface area contributed by atoms with Crippen LogP contribution < -0.4 is 5.32 Å². The molecule has 0 spiro atoms. The Morgan fingerprint density at radius 3 is 3.06 bits per heavy atom. The highest BCUT2D eigenvalue weighted by Gasteiger charge is 2.10. The molecule has 2 heterocycles. The minimum atomic E-state index is -0.385. The number of aromatic amines is 1. The van der Waals surface area contributed by atoms with Crippen molar-refractivity contribution in [2.24, 2.45) is 0 Å². The van der Waals surface area contributed by atoms with Crippen LogP contribution in [0.4, 0.5) is 0 Å². The predicted molar refractivity (Wildman–Crippen MR) is 58.0 cm³/mol. The topological polar surface area (TPSA) is 77.4 Å². The van der Waals surface area contributed by atoms with Gasteiger partial charge in [-0.25, -0.2) is 4.98 Å². The summed E-state index contributed by atoms with van der Waals surface area (Å²) in [6.45, 7) is 0.554. The SMILES string of the molecule is N#CC(NCc1ccccn1)c1cnc[nH]1. The zero-order valence-electron chi connectivity index (χ0n) is 8.59. The summed E-state index contributed by atoms with van der Waals surface area (Å²) in [5, 5.41) is 12.1. The third-order valence-corrected chi connectivity index (χ3v) is 2.17. The van der Waals surface area contributed by atoms with Crippen LogP contribution in [0.25, 0.3) is 0 Å². The molecule has 1 atom stereocenters. The van der Waals surface area contributed by atoms with Crippen LogP contribution in [-0.2, 0) is 6.54 Å². The minimum absolute atomic E-state index is 0.385. The van der Waals surface area contributed by atoms with E-state index >= 15 is 0 Å². The molecule has 0 amide bonds. The zero-order chi connectivity index (χ0) is 11.2. The van der Waals surface area contributed by atoms with Gasteiger partial charge in [0, 0.05) is 12.7 Å². The van der Waals surface area contributed by atoms with Crippen molar-refractivity contribution < 1.29 is 0 Å². The normalized spacial score (nSPS) is 11.9. The molecule has 2 rings (SSSR count). The van der Waals surface area contributed by atoms with Crippen molar-refractivity contribution in [1.82, 2.24) is 20.3 Å². The third-order valence-electron chi connectivity index (χ3n) is 2.17. The highest BCUT2D eigenvalue weighted by Crippen LogP contribution is 2.07. The highest BCUT2D eigenvalue weighted by molar-refractivity contribution is 5.12. The molecule has 0 saturated heterocycles. The largest absolute Gasteiger partial charge is 0.346 e. The van der Waals surface area contributed by atoms with E-state index in [4.69, 9.17) is 5.26 Å². The molecule has 0 fully saturated rings. The monoisotopic (exact) mass is 213 g/mol. The summed E-state index contributed by atoms with van der Waals surface area (Å²) < 4.78 is 0. The van der Waals surface area contributed by atoms with E-state index in [1.165, 1.54) is 0 Å². The number of rotatable bonds is 4. The van der Waals surface area contributed by atoms with Crippen LogP contribution in [0.3, 0.4) is 0 Å². The Labute approximate surface area is 93.2 Å². The second kappa shape index (κ2) is 5.05. The molecule has 2 aromatic rings. The molecule has 0 saturated carbocycles. The molecular weight excluding hydrogens is 202 g/mol. The van der Waals surface area contributed by atoms with E-state index in [-0.39, 0.29) is 6.04 Å². The predicted octanol–water partition coefficient (Wildman–Crippen LogP) is 1.16. The van der Waals surface area contributed by atoms with Gasteiger partial charge in [0.2, 0.25) is 0 Å². The van der Waals surface area contributed by atoms with Gasteiger partial charge in [0.05, 0.1) is 30.0 Å². The first-order valence-corrected chi connectivity index (χ1v) is 4.91. The summed E-state index contributed by atoms with van der Waals surface area (Å²) in [6, 6.07) is 7.47. The molecule has 0 aliphatic heterocycles. The van der Waals surface area contributed by atoms with Crippen LogP contribution in [0.2, 0.25) is 0 Å². The lowest BCUT2D eigenvalue weighted by Crippen LogP contribution is -2.20. The van der Waals surface area contributed by atoms with Gasteiger partial charge < -0.3 is 4.98 Å². The van der Waals surface area contributed by atoms with Crippen molar-refractivity contribution in [3.05, 3.63) is 48.3 Å². The summed E-state index contributed by atoms with van der Waals surface area (Å²) in [4.78, 5) is 11.0. The average Bonchev–Trinajstić information content (AvgIpc) is 2.85. The maximum atomic E-state index is 9.00. The van der Waals surface area contributed by atoms with Gasteiger partial charge in [-0.05, 0) is 12.1 Å². The number of aromatic nitrogens is 3. The van der Waals surface area contributed by atoms with Crippen molar-refractivity contribution in [2.75, 3.05) is 0 Å². The number of H-pyrrole nitrogens is 1. The van der Waals surface area contributed by atoms with Crippen molar-refractivity contribution >= 4 is 0 Å². The standard InChI is InChI=1S/C11H11N5/c12-5-10(11-7-13-8-16-11)15-6-9-3-1-2-4-14-9/h1-4,7-8,10,15H,6H2,(H,13,16). The summed E-state index contributed by atoms with van der Waals surface area (Å²) in [5.41, 5.74) is 1.67. The second-order valence-corrected chi connectivity index (χ2v) is 3.27. The van der Waals surface area contributed by atoms with Crippen LogP contribution in [-0.4, -0.2) is 15.0 Å². The summed E-state index contributed by atoms with van der Waals surface area (Å²) in [5.74, 6) is 0. The Hall–Kier alpha value is -2.19. The molecular formula is C11H11N5. The van der Waals surface area contributed by atoms with E-state index in [0.29, 0.717) is 6.54 Å². The number of pyridine rings is 1. The van der Waals surface area contributed by atoms with Crippen LogP contribution in [0.15, 0.2) is 36.9 Å². The van der Waals surface area contributed by atoms with Gasteiger partial charge in [-0.3, -0.25) is 10.3 Å². The van der Waals surface area contributed by atoms with E-state index < -0.39 is 0 Å². The zero-order valence-corrected chi connectivity index (χ0v) is 8.59. The van der Waals surface area contributed by atoms with Crippen LogP contribution in [0.1, 0.15) is 17.4 Å². The first-order valence-electron chi connectivity index (χ1n) is 4.91. The molecule has 0 bridgehead atoms. The van der Waals surface area contributed by atoms with Crippen molar-refractivity contribution in [1.29, 1.82) is 5.26 Å². The number of nitrogens with zero attached hydrogens (tertiary/aromatic N) is 3. The Morgan fingerprint density at radius 2 is 2.44 bits per heavy atom. The van der Waals surface area contributed by atoms with Crippen molar-refractivity contribution in [2.45, 2.75) is 12.6 Å². The van der Waals surface area contributed by atoms with E-state index in [1.54, 1.807) is 18.7 Å². The first kappa shape index (κ1) is 10.3. The van der Waals surface area contributed by atoms with E-state index in [2.05, 4.69) is 26.3 Å². The molecule has 2 aromatic heterocycles. The average molecular weight is 213 g/mol. The lowest BCUT2D eigenvalue weighted by atomic mass is 10.2. The van der Waals surface area contributed by atoms with Crippen LogP contribution in [0, 0.1) is 11.3 Å². The van der Waals surface area contributed by atoms with Gasteiger partial charge in [-0.1, -0.05) is 6.07 Å². The molecule has 0 aliphatic carbocycles. The van der Waals surface area contributed by atoms with Gasteiger partial charge in [-0.2, -0.15) is 5.26 Å². The number of imidazole rings is 1. The van der Waals surface area contributed by atoms with Gasteiger partial charge in [0.15, 0.2) is 0 Å². The lowest BCUT2D eigenvalue weighted by Gasteiger charge is -2.08. The molecule has 5 heteroatoms. The van der Waals surface area contributed by atoms with Gasteiger partial charge in [0.25, 0.3) is 0 Å². The van der Waals surface area contributed by atoms with Gasteiger partial charge in [0.1, 0.15) is 6.04 Å². The number of nitriles is 1.